The smallest absolute Gasteiger partial charge is 0.243 e. The summed E-state index contributed by atoms with van der Waals surface area (Å²) in [6.45, 7) is 7.55. The number of rotatable bonds is 11. The van der Waals surface area contributed by atoms with Gasteiger partial charge >= 0.3 is 0 Å². The van der Waals surface area contributed by atoms with Crippen LogP contribution in [0.4, 0.5) is 5.69 Å². The average Bonchev–Trinajstić information content (AvgIpc) is 2.77. The highest BCUT2D eigenvalue weighted by molar-refractivity contribution is 7.92. The zero-order valence-electron chi connectivity index (χ0n) is 21.7. The van der Waals surface area contributed by atoms with E-state index < -0.39 is 21.6 Å². The Morgan fingerprint density at radius 1 is 1.00 bits per heavy atom. The number of nitrogens with zero attached hydrogens (tertiary/aromatic N) is 2. The predicted octanol–water partition coefficient (Wildman–Crippen LogP) is 5.92. The third-order valence-electron chi connectivity index (χ3n) is 5.54. The Morgan fingerprint density at radius 2 is 1.57 bits per heavy atom. The third-order valence-corrected chi connectivity index (χ3v) is 7.70. The average molecular weight is 591 g/mol. The highest BCUT2D eigenvalue weighted by atomic mass is 35.5. The molecule has 2 rings (SSSR count). The van der Waals surface area contributed by atoms with Gasteiger partial charge in [-0.05, 0) is 70.0 Å². The van der Waals surface area contributed by atoms with Crippen LogP contribution in [0.3, 0.4) is 0 Å². The summed E-state index contributed by atoms with van der Waals surface area (Å²) in [5, 5.41) is 4.21. The molecule has 0 fully saturated rings. The van der Waals surface area contributed by atoms with Gasteiger partial charge in [-0.1, -0.05) is 47.8 Å². The van der Waals surface area contributed by atoms with E-state index in [2.05, 4.69) is 5.32 Å². The Hall–Kier alpha value is -2.00. The highest BCUT2D eigenvalue weighted by Crippen LogP contribution is 2.28. The lowest BCUT2D eigenvalue weighted by Gasteiger charge is -2.33. The lowest BCUT2D eigenvalue weighted by atomic mass is 10.0. The van der Waals surface area contributed by atoms with Crippen LogP contribution in [0, 0.1) is 0 Å². The van der Waals surface area contributed by atoms with Crippen molar-refractivity contribution in [1.82, 2.24) is 10.2 Å². The Morgan fingerprint density at radius 3 is 2.05 bits per heavy atom. The van der Waals surface area contributed by atoms with Gasteiger partial charge < -0.3 is 10.2 Å². The van der Waals surface area contributed by atoms with Crippen LogP contribution in [0.15, 0.2) is 42.5 Å². The van der Waals surface area contributed by atoms with Crippen molar-refractivity contribution in [2.45, 2.75) is 65.1 Å². The Bertz CT molecular complexity index is 1180. The van der Waals surface area contributed by atoms with Gasteiger partial charge in [-0.25, -0.2) is 8.42 Å². The molecule has 0 spiro atoms. The number of halogens is 3. The second-order valence-corrected chi connectivity index (χ2v) is 13.0. The lowest BCUT2D eigenvalue weighted by molar-refractivity contribution is -0.142. The molecule has 2 amide bonds. The summed E-state index contributed by atoms with van der Waals surface area (Å²) in [4.78, 5) is 28.2. The molecule has 0 aromatic heterocycles. The van der Waals surface area contributed by atoms with Crippen molar-refractivity contribution in [1.29, 1.82) is 0 Å². The maximum atomic E-state index is 13.5. The SMILES string of the molecule is CCC(C(=O)NC(C)(C)C)N(Cc1c(Cl)cccc1Cl)C(=O)CCCN(c1ccc(Cl)cc1)S(C)(=O)=O. The first-order valence-corrected chi connectivity index (χ1v) is 14.9. The first-order valence-electron chi connectivity index (χ1n) is 11.9. The van der Waals surface area contributed by atoms with Crippen molar-refractivity contribution in [3.8, 4) is 0 Å². The van der Waals surface area contributed by atoms with Gasteiger partial charge in [0.25, 0.3) is 0 Å². The van der Waals surface area contributed by atoms with Gasteiger partial charge in [0.05, 0.1) is 11.9 Å². The van der Waals surface area contributed by atoms with E-state index in [4.69, 9.17) is 34.8 Å². The molecule has 0 bridgehead atoms. The van der Waals surface area contributed by atoms with Gasteiger partial charge in [0.2, 0.25) is 21.8 Å². The summed E-state index contributed by atoms with van der Waals surface area (Å²) in [6, 6.07) is 10.7. The molecule has 0 aliphatic rings. The zero-order valence-corrected chi connectivity index (χ0v) is 24.8. The quantitative estimate of drug-likeness (QED) is 0.352. The molecule has 0 heterocycles. The molecule has 0 saturated carbocycles. The molecule has 37 heavy (non-hydrogen) atoms. The maximum Gasteiger partial charge on any atom is 0.243 e. The van der Waals surface area contributed by atoms with Gasteiger partial charge in [-0.3, -0.25) is 13.9 Å². The molecule has 2 aromatic rings. The maximum absolute atomic E-state index is 13.5. The topological polar surface area (TPSA) is 86.8 Å². The monoisotopic (exact) mass is 589 g/mol. The van der Waals surface area contributed by atoms with E-state index in [0.29, 0.717) is 32.7 Å². The van der Waals surface area contributed by atoms with Crippen molar-refractivity contribution in [2.75, 3.05) is 17.1 Å². The van der Waals surface area contributed by atoms with Gasteiger partial charge in [0.15, 0.2) is 0 Å². The molecule has 7 nitrogen and oxygen atoms in total. The summed E-state index contributed by atoms with van der Waals surface area (Å²) in [5.74, 6) is -0.595. The first-order chi connectivity index (χ1) is 17.1. The van der Waals surface area contributed by atoms with Crippen LogP contribution < -0.4 is 9.62 Å². The van der Waals surface area contributed by atoms with E-state index in [9.17, 15) is 18.0 Å². The molecule has 204 valence electrons. The molecular formula is C26H34Cl3N3O4S. The number of benzene rings is 2. The fraction of sp³-hybridized carbons (Fsp3) is 0.462. The van der Waals surface area contributed by atoms with Crippen LogP contribution >= 0.6 is 34.8 Å². The van der Waals surface area contributed by atoms with E-state index in [1.807, 2.05) is 27.7 Å². The molecule has 11 heteroatoms. The fourth-order valence-corrected chi connectivity index (χ4v) is 5.45. The number of carbonyl (C=O) groups is 2. The molecule has 1 unspecified atom stereocenters. The summed E-state index contributed by atoms with van der Waals surface area (Å²) in [7, 11) is -3.60. The van der Waals surface area contributed by atoms with E-state index in [1.54, 1.807) is 42.5 Å². The third kappa shape index (κ3) is 9.36. The largest absolute Gasteiger partial charge is 0.350 e. The van der Waals surface area contributed by atoms with Crippen molar-refractivity contribution >= 4 is 62.3 Å². The summed E-state index contributed by atoms with van der Waals surface area (Å²) in [5.41, 5.74) is 0.505. The number of amides is 2. The van der Waals surface area contributed by atoms with E-state index in [-0.39, 0.29) is 37.7 Å². The standard InChI is InChI=1S/C26H34Cl3N3O4S/c1-6-23(25(34)30-26(2,3)4)31(17-20-21(28)9-7-10-22(20)29)24(33)11-8-16-32(37(5,35)36)19-14-12-18(27)13-15-19/h7,9-10,12-15,23H,6,8,11,16-17H2,1-5H3,(H,30,34). The summed E-state index contributed by atoms with van der Waals surface area (Å²) >= 11 is 18.7. The van der Waals surface area contributed by atoms with Gasteiger partial charge in [0.1, 0.15) is 6.04 Å². The minimum Gasteiger partial charge on any atom is -0.350 e. The lowest BCUT2D eigenvalue weighted by Crippen LogP contribution is -2.53. The minimum absolute atomic E-state index is 0.0149. The van der Waals surface area contributed by atoms with E-state index in [1.165, 1.54) is 9.21 Å². The number of carbonyl (C=O) groups excluding carboxylic acids is 2. The first kappa shape index (κ1) is 31.2. The molecule has 2 aromatic carbocycles. The molecule has 0 aliphatic carbocycles. The molecular weight excluding hydrogens is 557 g/mol. The second-order valence-electron chi connectivity index (χ2n) is 9.80. The molecule has 0 radical (unpaired) electrons. The number of nitrogens with one attached hydrogen (secondary N) is 1. The summed E-state index contributed by atoms with van der Waals surface area (Å²) < 4.78 is 26.1. The predicted molar refractivity (Wildman–Crippen MR) is 152 cm³/mol. The highest BCUT2D eigenvalue weighted by Gasteiger charge is 2.31. The van der Waals surface area contributed by atoms with Gasteiger partial charge in [-0.15, -0.1) is 0 Å². The zero-order chi connectivity index (χ0) is 28.0. The molecule has 0 aliphatic heterocycles. The van der Waals surface area contributed by atoms with Crippen molar-refractivity contribution < 1.29 is 18.0 Å². The van der Waals surface area contributed by atoms with Crippen LogP contribution in [0.1, 0.15) is 52.5 Å². The number of hydrogen-bond acceptors (Lipinski definition) is 4. The van der Waals surface area contributed by atoms with Crippen molar-refractivity contribution in [3.05, 3.63) is 63.1 Å². The van der Waals surface area contributed by atoms with E-state index >= 15 is 0 Å². The van der Waals surface area contributed by atoms with Crippen LogP contribution in [-0.2, 0) is 26.2 Å². The Kier molecular flexibility index (Phi) is 11.1. The normalized spacial score (nSPS) is 12.6. The van der Waals surface area contributed by atoms with Crippen molar-refractivity contribution in [3.63, 3.8) is 0 Å². The van der Waals surface area contributed by atoms with E-state index in [0.717, 1.165) is 6.26 Å². The van der Waals surface area contributed by atoms with Gasteiger partial charge in [-0.2, -0.15) is 0 Å². The number of sulfonamides is 1. The van der Waals surface area contributed by atoms with Crippen LogP contribution in [0.25, 0.3) is 0 Å². The molecule has 0 saturated heterocycles. The Balaban J connectivity index is 2.29. The summed E-state index contributed by atoms with van der Waals surface area (Å²) in [6.07, 6.45) is 1.73. The number of anilines is 1. The van der Waals surface area contributed by atoms with Crippen LogP contribution in [-0.4, -0.2) is 49.5 Å². The Labute approximate surface area is 235 Å². The molecule has 1 atom stereocenters. The van der Waals surface area contributed by atoms with Crippen LogP contribution in [0.2, 0.25) is 15.1 Å². The fourth-order valence-electron chi connectivity index (χ4n) is 3.84. The molecule has 1 N–H and O–H groups in total. The van der Waals surface area contributed by atoms with Crippen molar-refractivity contribution in [2.24, 2.45) is 0 Å². The second kappa shape index (κ2) is 13.2. The van der Waals surface area contributed by atoms with Gasteiger partial charge in [0, 0.05) is 45.7 Å². The van der Waals surface area contributed by atoms with Crippen LogP contribution in [0.5, 0.6) is 0 Å². The minimum atomic E-state index is -3.60. The number of hydrogen-bond donors (Lipinski definition) is 1.